The summed E-state index contributed by atoms with van der Waals surface area (Å²) in [5, 5.41) is 9.00. The minimum atomic E-state index is 0.0608. The number of likely N-dealkylation sites (N-methyl/N-ethyl adjacent to an activating group) is 1. The summed E-state index contributed by atoms with van der Waals surface area (Å²) in [7, 11) is 3.45. The van der Waals surface area contributed by atoms with Crippen LogP contribution in [0, 0.1) is 0 Å². The summed E-state index contributed by atoms with van der Waals surface area (Å²) in [5.74, 6) is 0.284. The van der Waals surface area contributed by atoms with E-state index in [2.05, 4.69) is 0 Å². The van der Waals surface area contributed by atoms with Crippen LogP contribution >= 0.6 is 0 Å². The van der Waals surface area contributed by atoms with Crippen molar-refractivity contribution in [2.24, 2.45) is 0 Å². The Labute approximate surface area is 91.3 Å². The zero-order chi connectivity index (χ0) is 11.8. The fourth-order valence-electron chi connectivity index (χ4n) is 0.947. The molecule has 15 heavy (non-hydrogen) atoms. The molecule has 1 N–H and O–H groups in total. The molecule has 0 aromatic heterocycles. The summed E-state index contributed by atoms with van der Waals surface area (Å²) in [5.41, 5.74) is 0.913. The topological polar surface area (TPSA) is 40.5 Å². The first kappa shape index (κ1) is 13.5. The fraction of sp³-hybridized carbons (Fsp3) is 0.417. The lowest BCUT2D eigenvalue weighted by molar-refractivity contribution is -0.127. The van der Waals surface area contributed by atoms with E-state index >= 15 is 0 Å². The number of phenolic OH excluding ortho intramolecular Hbond substituents is 1. The molecule has 0 aliphatic rings. The van der Waals surface area contributed by atoms with Gasteiger partial charge in [-0.2, -0.15) is 0 Å². The molecule has 0 atom stereocenters. The van der Waals surface area contributed by atoms with Gasteiger partial charge in [0.2, 0.25) is 5.91 Å². The third kappa shape index (κ3) is 5.05. The standard InChI is InChI=1S/C10H13NO2.C2H6/c1-11(2)10(13)7-8-3-5-9(12)6-4-8;1-2/h3-6,12H,7H2,1-2H3;1-2H3. The molecule has 3 heteroatoms. The first-order valence-electron chi connectivity index (χ1n) is 5.07. The largest absolute Gasteiger partial charge is 0.508 e. The summed E-state index contributed by atoms with van der Waals surface area (Å²) < 4.78 is 0. The van der Waals surface area contributed by atoms with Gasteiger partial charge >= 0.3 is 0 Å². The number of phenols is 1. The number of carbonyl (C=O) groups is 1. The normalized spacial score (nSPS) is 8.80. The molecule has 1 aromatic carbocycles. The third-order valence-electron chi connectivity index (χ3n) is 1.79. The molecule has 0 bridgehead atoms. The molecule has 0 aliphatic heterocycles. The van der Waals surface area contributed by atoms with E-state index in [4.69, 9.17) is 5.11 Å². The van der Waals surface area contributed by atoms with Crippen molar-refractivity contribution in [3.8, 4) is 5.75 Å². The number of carbonyl (C=O) groups excluding carboxylic acids is 1. The highest BCUT2D eigenvalue weighted by atomic mass is 16.3. The molecule has 0 aliphatic carbocycles. The lowest BCUT2D eigenvalue weighted by Crippen LogP contribution is -2.23. The smallest absolute Gasteiger partial charge is 0.226 e. The van der Waals surface area contributed by atoms with Gasteiger partial charge in [-0.05, 0) is 17.7 Å². The third-order valence-corrected chi connectivity index (χ3v) is 1.79. The molecule has 0 fully saturated rings. The van der Waals surface area contributed by atoms with Gasteiger partial charge in [-0.1, -0.05) is 26.0 Å². The van der Waals surface area contributed by atoms with E-state index in [0.29, 0.717) is 6.42 Å². The van der Waals surface area contributed by atoms with Gasteiger partial charge in [0, 0.05) is 14.1 Å². The number of aromatic hydroxyl groups is 1. The summed E-state index contributed by atoms with van der Waals surface area (Å²) in [4.78, 5) is 12.8. The Hall–Kier alpha value is -1.51. The van der Waals surface area contributed by atoms with Crippen LogP contribution in [0.25, 0.3) is 0 Å². The van der Waals surface area contributed by atoms with E-state index in [0.717, 1.165) is 5.56 Å². The first-order valence-corrected chi connectivity index (χ1v) is 5.07. The van der Waals surface area contributed by atoms with Crippen molar-refractivity contribution < 1.29 is 9.90 Å². The Kier molecular flexibility index (Phi) is 6.18. The van der Waals surface area contributed by atoms with E-state index in [9.17, 15) is 4.79 Å². The van der Waals surface area contributed by atoms with Crippen molar-refractivity contribution in [2.75, 3.05) is 14.1 Å². The number of hydrogen-bond donors (Lipinski definition) is 1. The van der Waals surface area contributed by atoms with E-state index in [1.165, 1.54) is 0 Å². The molecule has 0 saturated carbocycles. The quantitative estimate of drug-likeness (QED) is 0.809. The van der Waals surface area contributed by atoms with Crippen LogP contribution in [0.1, 0.15) is 19.4 Å². The highest BCUT2D eigenvalue weighted by Gasteiger charge is 2.04. The molecule has 1 amide bonds. The van der Waals surface area contributed by atoms with Gasteiger partial charge in [0.1, 0.15) is 5.75 Å². The lowest BCUT2D eigenvalue weighted by atomic mass is 10.1. The molecule has 0 radical (unpaired) electrons. The number of nitrogens with zero attached hydrogens (tertiary/aromatic N) is 1. The molecule has 84 valence electrons. The maximum Gasteiger partial charge on any atom is 0.226 e. The van der Waals surface area contributed by atoms with Crippen LogP contribution in [0.2, 0.25) is 0 Å². The Morgan fingerprint density at radius 1 is 1.20 bits per heavy atom. The average molecular weight is 209 g/mol. The predicted molar refractivity (Wildman–Crippen MR) is 61.9 cm³/mol. The number of hydrogen-bond acceptors (Lipinski definition) is 2. The van der Waals surface area contributed by atoms with Crippen LogP contribution in [0.4, 0.5) is 0 Å². The first-order chi connectivity index (χ1) is 7.09. The second-order valence-electron chi connectivity index (χ2n) is 3.13. The fourth-order valence-corrected chi connectivity index (χ4v) is 0.947. The average Bonchev–Trinajstić information content (AvgIpc) is 2.24. The second-order valence-corrected chi connectivity index (χ2v) is 3.13. The molecular formula is C12H19NO2. The van der Waals surface area contributed by atoms with Crippen molar-refractivity contribution in [3.05, 3.63) is 29.8 Å². The van der Waals surface area contributed by atoms with Crippen molar-refractivity contribution >= 4 is 5.91 Å². The number of amides is 1. The van der Waals surface area contributed by atoms with Crippen LogP contribution in [-0.2, 0) is 11.2 Å². The minimum absolute atomic E-state index is 0.0608. The molecule has 1 rings (SSSR count). The molecule has 3 nitrogen and oxygen atoms in total. The van der Waals surface area contributed by atoms with Crippen molar-refractivity contribution in [1.82, 2.24) is 4.90 Å². The second kappa shape index (κ2) is 6.87. The van der Waals surface area contributed by atoms with Crippen molar-refractivity contribution in [3.63, 3.8) is 0 Å². The predicted octanol–water partition coefficient (Wildman–Crippen LogP) is 2.05. The molecule has 1 aromatic rings. The summed E-state index contributed by atoms with van der Waals surface area (Å²) in [6, 6.07) is 6.66. The van der Waals surface area contributed by atoms with Crippen LogP contribution < -0.4 is 0 Å². The zero-order valence-corrected chi connectivity index (χ0v) is 9.82. The zero-order valence-electron chi connectivity index (χ0n) is 9.82. The van der Waals surface area contributed by atoms with Gasteiger partial charge in [0.25, 0.3) is 0 Å². The van der Waals surface area contributed by atoms with Gasteiger partial charge in [0.15, 0.2) is 0 Å². The highest BCUT2D eigenvalue weighted by molar-refractivity contribution is 5.78. The van der Waals surface area contributed by atoms with Gasteiger partial charge in [-0.25, -0.2) is 0 Å². The van der Waals surface area contributed by atoms with E-state index in [-0.39, 0.29) is 11.7 Å². The Morgan fingerprint density at radius 2 is 1.67 bits per heavy atom. The van der Waals surface area contributed by atoms with Gasteiger partial charge in [-0.15, -0.1) is 0 Å². The van der Waals surface area contributed by atoms with Gasteiger partial charge in [0.05, 0.1) is 6.42 Å². The monoisotopic (exact) mass is 209 g/mol. The van der Waals surface area contributed by atoms with Gasteiger partial charge < -0.3 is 10.0 Å². The SMILES string of the molecule is CC.CN(C)C(=O)Cc1ccc(O)cc1. The number of rotatable bonds is 2. The summed E-state index contributed by atoms with van der Waals surface area (Å²) in [6.07, 6.45) is 0.382. The molecule has 0 unspecified atom stereocenters. The summed E-state index contributed by atoms with van der Waals surface area (Å²) in [6.45, 7) is 4.00. The molecule has 0 heterocycles. The van der Waals surface area contributed by atoms with Crippen LogP contribution in [-0.4, -0.2) is 30.0 Å². The van der Waals surface area contributed by atoms with Crippen LogP contribution in [0.5, 0.6) is 5.75 Å². The maximum absolute atomic E-state index is 11.3. The van der Waals surface area contributed by atoms with Crippen LogP contribution in [0.15, 0.2) is 24.3 Å². The van der Waals surface area contributed by atoms with Crippen molar-refractivity contribution in [2.45, 2.75) is 20.3 Å². The Bertz CT molecular complexity index is 291. The molecule has 0 spiro atoms. The Morgan fingerprint density at radius 3 is 2.07 bits per heavy atom. The van der Waals surface area contributed by atoms with E-state index in [1.54, 1.807) is 43.3 Å². The summed E-state index contributed by atoms with van der Waals surface area (Å²) >= 11 is 0. The number of benzene rings is 1. The lowest BCUT2D eigenvalue weighted by Gasteiger charge is -2.09. The van der Waals surface area contributed by atoms with Crippen LogP contribution in [0.3, 0.4) is 0 Å². The minimum Gasteiger partial charge on any atom is -0.508 e. The van der Waals surface area contributed by atoms with E-state index in [1.807, 2.05) is 13.8 Å². The Balaban J connectivity index is 0.000000921. The van der Waals surface area contributed by atoms with E-state index < -0.39 is 0 Å². The molecule has 0 saturated heterocycles. The van der Waals surface area contributed by atoms with Gasteiger partial charge in [-0.3, -0.25) is 4.79 Å². The molecular weight excluding hydrogens is 190 g/mol. The van der Waals surface area contributed by atoms with Crippen molar-refractivity contribution in [1.29, 1.82) is 0 Å². The maximum atomic E-state index is 11.3. The highest BCUT2D eigenvalue weighted by Crippen LogP contribution is 2.10.